The smallest absolute Gasteiger partial charge is 0.280 e. The van der Waals surface area contributed by atoms with E-state index in [1.807, 2.05) is 11.9 Å². The van der Waals surface area contributed by atoms with Crippen LogP contribution in [0.3, 0.4) is 0 Å². The number of unbranched alkanes of at least 4 members (excludes halogenated alkanes) is 3. The van der Waals surface area contributed by atoms with Gasteiger partial charge in [0.1, 0.15) is 5.75 Å². The summed E-state index contributed by atoms with van der Waals surface area (Å²) in [5.74, 6) is 0.353. The highest BCUT2D eigenvalue weighted by atomic mass is 16.6. The van der Waals surface area contributed by atoms with Gasteiger partial charge in [0.05, 0.1) is 17.1 Å². The van der Waals surface area contributed by atoms with Crippen molar-refractivity contribution in [1.82, 2.24) is 4.90 Å². The lowest BCUT2D eigenvalue weighted by atomic mass is 9.94. The van der Waals surface area contributed by atoms with E-state index in [4.69, 9.17) is 4.74 Å². The van der Waals surface area contributed by atoms with Crippen molar-refractivity contribution in [3.63, 3.8) is 0 Å². The van der Waals surface area contributed by atoms with Gasteiger partial charge < -0.3 is 9.64 Å². The number of nitro benzene ring substituents is 1. The molecule has 7 heteroatoms. The summed E-state index contributed by atoms with van der Waals surface area (Å²) >= 11 is 0. The quantitative estimate of drug-likeness (QED) is 0.226. The number of amides is 1. The molecule has 1 amide bonds. The van der Waals surface area contributed by atoms with E-state index in [-0.39, 0.29) is 22.9 Å². The molecule has 160 valence electrons. The first kappa shape index (κ1) is 22.8. The Balaban J connectivity index is 1.63. The number of hydrogen-bond donors (Lipinski definition) is 0. The number of nitro groups is 1. The number of benzene rings is 1. The van der Waals surface area contributed by atoms with E-state index in [9.17, 15) is 19.7 Å². The molecule has 0 spiro atoms. The van der Waals surface area contributed by atoms with Crippen LogP contribution in [0.4, 0.5) is 5.69 Å². The zero-order chi connectivity index (χ0) is 21.2. The second-order valence-electron chi connectivity index (χ2n) is 7.80. The van der Waals surface area contributed by atoms with E-state index >= 15 is 0 Å². The normalized spacial score (nSPS) is 14.4. The van der Waals surface area contributed by atoms with E-state index in [2.05, 4.69) is 0 Å². The second kappa shape index (κ2) is 11.5. The van der Waals surface area contributed by atoms with Crippen molar-refractivity contribution in [2.45, 2.75) is 77.2 Å². The first-order chi connectivity index (χ1) is 13.9. The molecule has 0 radical (unpaired) electrons. The van der Waals surface area contributed by atoms with Gasteiger partial charge in [0.15, 0.2) is 5.78 Å². The van der Waals surface area contributed by atoms with Crippen LogP contribution >= 0.6 is 0 Å². The molecule has 29 heavy (non-hydrogen) atoms. The Bertz CT molecular complexity index is 713. The predicted octanol–water partition coefficient (Wildman–Crippen LogP) is 4.92. The van der Waals surface area contributed by atoms with E-state index in [0.29, 0.717) is 24.8 Å². The molecular formula is C22H32N2O5. The monoisotopic (exact) mass is 404 g/mol. The summed E-state index contributed by atoms with van der Waals surface area (Å²) in [7, 11) is 1.94. The molecule has 1 aliphatic rings. The number of ether oxygens (including phenoxy) is 1. The lowest BCUT2D eigenvalue weighted by Gasteiger charge is -2.31. The van der Waals surface area contributed by atoms with E-state index in [1.54, 1.807) is 0 Å². The highest BCUT2D eigenvalue weighted by Gasteiger charge is 2.21. The standard InChI is InChI=1S/C22H32N2O5/c1-17(25)20-16-19(13-14-21(20)24(27)28)29-15-9-4-3-8-12-22(26)23(2)18-10-6-5-7-11-18/h13-14,16,18H,3-12,15H2,1-2H3. The SMILES string of the molecule is CC(=O)c1cc(OCCCCCCC(=O)N(C)C2CCCCC2)ccc1[N+](=O)[O-]. The summed E-state index contributed by atoms with van der Waals surface area (Å²) < 4.78 is 5.63. The van der Waals surface area contributed by atoms with Crippen LogP contribution in [0.2, 0.25) is 0 Å². The molecule has 0 heterocycles. The molecule has 7 nitrogen and oxygen atoms in total. The molecule has 1 aromatic carbocycles. The van der Waals surface area contributed by atoms with Crippen LogP contribution < -0.4 is 4.74 Å². The molecule has 0 bridgehead atoms. The van der Waals surface area contributed by atoms with E-state index < -0.39 is 4.92 Å². The number of hydrogen-bond acceptors (Lipinski definition) is 5. The number of carbonyl (C=O) groups is 2. The van der Waals surface area contributed by atoms with Crippen molar-refractivity contribution >= 4 is 17.4 Å². The zero-order valence-corrected chi connectivity index (χ0v) is 17.5. The average Bonchev–Trinajstić information content (AvgIpc) is 2.72. The Morgan fingerprint density at radius 3 is 2.48 bits per heavy atom. The van der Waals surface area contributed by atoms with E-state index in [0.717, 1.165) is 38.5 Å². The van der Waals surface area contributed by atoms with Crippen LogP contribution in [0.5, 0.6) is 5.75 Å². The molecule has 1 fully saturated rings. The van der Waals surface area contributed by atoms with Crippen molar-refractivity contribution in [3.8, 4) is 5.75 Å². The van der Waals surface area contributed by atoms with Crippen LogP contribution in [0.1, 0.15) is 81.5 Å². The third-order valence-electron chi connectivity index (χ3n) is 5.61. The zero-order valence-electron chi connectivity index (χ0n) is 17.5. The molecule has 0 atom stereocenters. The van der Waals surface area contributed by atoms with Gasteiger partial charge in [-0.05, 0) is 44.7 Å². The molecule has 1 saturated carbocycles. The summed E-state index contributed by atoms with van der Waals surface area (Å²) in [5, 5.41) is 11.0. The minimum Gasteiger partial charge on any atom is -0.494 e. The number of Topliss-reactive ketones (excluding diaryl/α,β-unsaturated/α-hetero) is 1. The summed E-state index contributed by atoms with van der Waals surface area (Å²) in [4.78, 5) is 36.2. The Hall–Kier alpha value is -2.44. The van der Waals surface area contributed by atoms with Crippen LogP contribution in [-0.2, 0) is 4.79 Å². The average molecular weight is 405 g/mol. The summed E-state index contributed by atoms with van der Waals surface area (Å²) in [6.07, 6.45) is 10.2. The highest BCUT2D eigenvalue weighted by Crippen LogP contribution is 2.25. The molecule has 1 aliphatic carbocycles. The highest BCUT2D eigenvalue weighted by molar-refractivity contribution is 5.98. The fourth-order valence-corrected chi connectivity index (χ4v) is 3.82. The minimum atomic E-state index is -0.562. The van der Waals surface area contributed by atoms with Gasteiger partial charge in [0.2, 0.25) is 5.91 Å². The number of rotatable bonds is 11. The van der Waals surface area contributed by atoms with Gasteiger partial charge in [0, 0.05) is 25.6 Å². The first-order valence-corrected chi connectivity index (χ1v) is 10.6. The van der Waals surface area contributed by atoms with Crippen LogP contribution in [0.15, 0.2) is 18.2 Å². The third kappa shape index (κ3) is 7.15. The summed E-state index contributed by atoms with van der Waals surface area (Å²) in [5.41, 5.74) is -0.138. The van der Waals surface area contributed by atoms with Crippen molar-refractivity contribution in [2.75, 3.05) is 13.7 Å². The van der Waals surface area contributed by atoms with Gasteiger partial charge in [-0.3, -0.25) is 19.7 Å². The summed E-state index contributed by atoms with van der Waals surface area (Å²) in [6.45, 7) is 1.78. The topological polar surface area (TPSA) is 89.8 Å². The van der Waals surface area contributed by atoms with Crippen LogP contribution in [-0.4, -0.2) is 41.2 Å². The number of ketones is 1. The van der Waals surface area contributed by atoms with E-state index in [1.165, 1.54) is 44.4 Å². The lowest BCUT2D eigenvalue weighted by molar-refractivity contribution is -0.385. The van der Waals surface area contributed by atoms with Gasteiger partial charge in [0.25, 0.3) is 5.69 Å². The Kier molecular flexibility index (Phi) is 9.09. The molecule has 1 aromatic rings. The molecule has 0 saturated heterocycles. The van der Waals surface area contributed by atoms with Crippen molar-refractivity contribution in [3.05, 3.63) is 33.9 Å². The van der Waals surface area contributed by atoms with Crippen molar-refractivity contribution in [2.24, 2.45) is 0 Å². The fourth-order valence-electron chi connectivity index (χ4n) is 3.82. The Morgan fingerprint density at radius 1 is 1.14 bits per heavy atom. The van der Waals surface area contributed by atoms with Crippen LogP contribution in [0, 0.1) is 10.1 Å². The predicted molar refractivity (Wildman–Crippen MR) is 111 cm³/mol. The molecular weight excluding hydrogens is 372 g/mol. The largest absolute Gasteiger partial charge is 0.494 e. The fraction of sp³-hybridized carbons (Fsp3) is 0.636. The molecule has 0 N–H and O–H groups in total. The maximum Gasteiger partial charge on any atom is 0.280 e. The van der Waals surface area contributed by atoms with Gasteiger partial charge in [-0.1, -0.05) is 32.1 Å². The number of nitrogens with zero attached hydrogens (tertiary/aromatic N) is 2. The molecule has 0 unspecified atom stereocenters. The van der Waals surface area contributed by atoms with Gasteiger partial charge in [-0.15, -0.1) is 0 Å². The Labute approximate surface area is 172 Å². The van der Waals surface area contributed by atoms with Gasteiger partial charge in [-0.25, -0.2) is 0 Å². The second-order valence-corrected chi connectivity index (χ2v) is 7.80. The molecule has 0 aliphatic heterocycles. The maximum absolute atomic E-state index is 12.3. The van der Waals surface area contributed by atoms with Gasteiger partial charge >= 0.3 is 0 Å². The van der Waals surface area contributed by atoms with Crippen molar-refractivity contribution in [1.29, 1.82) is 0 Å². The van der Waals surface area contributed by atoms with Crippen molar-refractivity contribution < 1.29 is 19.2 Å². The lowest BCUT2D eigenvalue weighted by Crippen LogP contribution is -2.38. The summed E-state index contributed by atoms with van der Waals surface area (Å²) in [6, 6.07) is 4.68. The third-order valence-corrected chi connectivity index (χ3v) is 5.61. The van der Waals surface area contributed by atoms with Crippen LogP contribution in [0.25, 0.3) is 0 Å². The molecule has 2 rings (SSSR count). The van der Waals surface area contributed by atoms with Gasteiger partial charge in [-0.2, -0.15) is 0 Å². The first-order valence-electron chi connectivity index (χ1n) is 10.6. The maximum atomic E-state index is 12.3. The Morgan fingerprint density at radius 2 is 1.83 bits per heavy atom. The molecule has 0 aromatic heterocycles. The number of carbonyl (C=O) groups excluding carboxylic acids is 2. The minimum absolute atomic E-state index is 0.0631.